The SMILES string of the molecule is CCOC(=O)c1csc(-n2cc3ccc(OC)cc3c2O)n1. The molecule has 3 rings (SSSR count). The number of benzene rings is 1. The molecule has 0 bridgehead atoms. The van der Waals surface area contributed by atoms with Crippen molar-refractivity contribution < 1.29 is 19.4 Å². The van der Waals surface area contributed by atoms with Crippen molar-refractivity contribution in [2.75, 3.05) is 13.7 Å². The molecule has 0 spiro atoms. The lowest BCUT2D eigenvalue weighted by Crippen LogP contribution is -2.05. The van der Waals surface area contributed by atoms with Crippen LogP contribution in [0.3, 0.4) is 0 Å². The maximum atomic E-state index is 11.7. The fourth-order valence-corrected chi connectivity index (χ4v) is 2.89. The molecular formula is C15H14N2O4S. The van der Waals surface area contributed by atoms with E-state index in [9.17, 15) is 9.90 Å². The van der Waals surface area contributed by atoms with Gasteiger partial charge in [-0.25, -0.2) is 9.78 Å². The highest BCUT2D eigenvalue weighted by Gasteiger charge is 2.16. The predicted octanol–water partition coefficient (Wildman–Crippen LogP) is 2.98. The van der Waals surface area contributed by atoms with E-state index in [2.05, 4.69) is 4.98 Å². The summed E-state index contributed by atoms with van der Waals surface area (Å²) in [6.45, 7) is 2.03. The molecule has 7 heteroatoms. The van der Waals surface area contributed by atoms with Gasteiger partial charge in [0.2, 0.25) is 5.88 Å². The Bertz CT molecular complexity index is 837. The van der Waals surface area contributed by atoms with Gasteiger partial charge in [0.15, 0.2) is 10.8 Å². The smallest absolute Gasteiger partial charge is 0.357 e. The van der Waals surface area contributed by atoms with Crippen molar-refractivity contribution in [1.82, 2.24) is 9.55 Å². The summed E-state index contributed by atoms with van der Waals surface area (Å²) in [6, 6.07) is 5.42. The molecule has 0 saturated carbocycles. The monoisotopic (exact) mass is 318 g/mol. The van der Waals surface area contributed by atoms with E-state index in [1.54, 1.807) is 31.7 Å². The molecule has 2 heterocycles. The summed E-state index contributed by atoms with van der Waals surface area (Å²) in [5.74, 6) is 0.244. The third kappa shape index (κ3) is 2.39. The summed E-state index contributed by atoms with van der Waals surface area (Å²) in [4.78, 5) is 15.9. The van der Waals surface area contributed by atoms with Crippen molar-refractivity contribution in [2.45, 2.75) is 6.92 Å². The van der Waals surface area contributed by atoms with Gasteiger partial charge in [0, 0.05) is 22.3 Å². The normalized spacial score (nSPS) is 10.8. The molecule has 0 radical (unpaired) electrons. The van der Waals surface area contributed by atoms with Gasteiger partial charge in [-0.3, -0.25) is 4.57 Å². The van der Waals surface area contributed by atoms with Crippen LogP contribution in [0.25, 0.3) is 15.9 Å². The molecule has 0 atom stereocenters. The van der Waals surface area contributed by atoms with Gasteiger partial charge in [0.1, 0.15) is 5.75 Å². The number of hydrogen-bond donors (Lipinski definition) is 1. The first kappa shape index (κ1) is 14.4. The third-order valence-electron chi connectivity index (χ3n) is 3.18. The summed E-state index contributed by atoms with van der Waals surface area (Å²) in [5.41, 5.74) is 0.233. The van der Waals surface area contributed by atoms with Crippen LogP contribution in [0.1, 0.15) is 17.4 Å². The van der Waals surface area contributed by atoms with Gasteiger partial charge in [0.05, 0.1) is 13.7 Å². The summed E-state index contributed by atoms with van der Waals surface area (Å²) in [7, 11) is 1.57. The lowest BCUT2D eigenvalue weighted by atomic mass is 10.2. The molecule has 0 saturated heterocycles. The van der Waals surface area contributed by atoms with E-state index in [1.807, 2.05) is 12.1 Å². The Morgan fingerprint density at radius 1 is 1.45 bits per heavy atom. The number of hydrogen-bond acceptors (Lipinski definition) is 6. The van der Waals surface area contributed by atoms with Crippen LogP contribution in [0.4, 0.5) is 0 Å². The number of ether oxygens (including phenoxy) is 2. The first-order chi connectivity index (χ1) is 10.6. The molecule has 1 aromatic carbocycles. The number of rotatable bonds is 4. The number of carbonyl (C=O) groups is 1. The molecule has 0 aliphatic carbocycles. The minimum absolute atomic E-state index is 0.0543. The predicted molar refractivity (Wildman–Crippen MR) is 83.1 cm³/mol. The van der Waals surface area contributed by atoms with Crippen molar-refractivity contribution in [3.05, 3.63) is 35.5 Å². The van der Waals surface area contributed by atoms with Gasteiger partial charge in [0.25, 0.3) is 0 Å². The van der Waals surface area contributed by atoms with E-state index in [-0.39, 0.29) is 11.6 Å². The Balaban J connectivity index is 2.03. The highest BCUT2D eigenvalue weighted by molar-refractivity contribution is 7.12. The van der Waals surface area contributed by atoms with Gasteiger partial charge in [-0.1, -0.05) is 0 Å². The lowest BCUT2D eigenvalue weighted by molar-refractivity contribution is 0.0520. The van der Waals surface area contributed by atoms with Crippen LogP contribution < -0.4 is 4.74 Å². The summed E-state index contributed by atoms with van der Waals surface area (Å²) in [5, 5.41) is 14.0. The van der Waals surface area contributed by atoms with Crippen LogP contribution in [0.5, 0.6) is 11.6 Å². The molecular weight excluding hydrogens is 304 g/mol. The van der Waals surface area contributed by atoms with E-state index in [0.29, 0.717) is 22.9 Å². The summed E-state index contributed by atoms with van der Waals surface area (Å²) < 4.78 is 11.6. The molecule has 1 N–H and O–H groups in total. The second kappa shape index (κ2) is 5.69. The van der Waals surface area contributed by atoms with E-state index in [0.717, 1.165) is 5.39 Å². The van der Waals surface area contributed by atoms with E-state index in [4.69, 9.17) is 9.47 Å². The van der Waals surface area contributed by atoms with Gasteiger partial charge in [-0.05, 0) is 25.1 Å². The number of fused-ring (bicyclic) bond motifs is 1. The van der Waals surface area contributed by atoms with Crippen LogP contribution in [0.15, 0.2) is 29.8 Å². The molecule has 22 heavy (non-hydrogen) atoms. The lowest BCUT2D eigenvalue weighted by Gasteiger charge is -2.00. The molecule has 0 unspecified atom stereocenters. The Labute approximate surface area is 130 Å². The number of methoxy groups -OCH3 is 1. The van der Waals surface area contributed by atoms with E-state index < -0.39 is 5.97 Å². The van der Waals surface area contributed by atoms with Crippen molar-refractivity contribution in [1.29, 1.82) is 0 Å². The zero-order valence-corrected chi connectivity index (χ0v) is 12.9. The molecule has 0 aliphatic rings. The Hall–Kier alpha value is -2.54. The van der Waals surface area contributed by atoms with Crippen LogP contribution in [0, 0.1) is 0 Å². The van der Waals surface area contributed by atoms with E-state index >= 15 is 0 Å². The first-order valence-corrected chi connectivity index (χ1v) is 7.53. The van der Waals surface area contributed by atoms with Crippen molar-refractivity contribution in [2.24, 2.45) is 0 Å². The minimum atomic E-state index is -0.470. The molecule has 6 nitrogen and oxygen atoms in total. The average Bonchev–Trinajstić information content (AvgIpc) is 3.12. The highest BCUT2D eigenvalue weighted by Crippen LogP contribution is 2.33. The van der Waals surface area contributed by atoms with Gasteiger partial charge < -0.3 is 14.6 Å². The highest BCUT2D eigenvalue weighted by atomic mass is 32.1. The topological polar surface area (TPSA) is 73.6 Å². The van der Waals surface area contributed by atoms with Crippen molar-refractivity contribution in [3.63, 3.8) is 0 Å². The van der Waals surface area contributed by atoms with Crippen molar-refractivity contribution >= 4 is 28.1 Å². The molecule has 0 amide bonds. The van der Waals surface area contributed by atoms with Crippen LogP contribution >= 0.6 is 11.3 Å². The second-order valence-electron chi connectivity index (χ2n) is 4.51. The van der Waals surface area contributed by atoms with Crippen LogP contribution in [-0.2, 0) is 4.74 Å². The number of nitrogens with zero attached hydrogens (tertiary/aromatic N) is 2. The first-order valence-electron chi connectivity index (χ1n) is 6.65. The standard InChI is InChI=1S/C15H14N2O4S/c1-3-21-14(19)12-8-22-15(16-12)17-7-9-4-5-10(20-2)6-11(9)13(17)18/h4-8,18H,3H2,1-2H3. The summed E-state index contributed by atoms with van der Waals surface area (Å²) >= 11 is 1.26. The zero-order chi connectivity index (χ0) is 15.7. The fraction of sp³-hybridized carbons (Fsp3) is 0.200. The number of esters is 1. The van der Waals surface area contributed by atoms with Gasteiger partial charge >= 0.3 is 5.97 Å². The largest absolute Gasteiger partial charge is 0.497 e. The zero-order valence-electron chi connectivity index (χ0n) is 12.1. The second-order valence-corrected chi connectivity index (χ2v) is 5.35. The Morgan fingerprint density at radius 3 is 3.00 bits per heavy atom. The Morgan fingerprint density at radius 2 is 2.27 bits per heavy atom. The summed E-state index contributed by atoms with van der Waals surface area (Å²) in [6.07, 6.45) is 1.76. The number of thiazole rings is 1. The molecule has 3 aromatic rings. The quantitative estimate of drug-likeness (QED) is 0.749. The van der Waals surface area contributed by atoms with Crippen LogP contribution in [0.2, 0.25) is 0 Å². The van der Waals surface area contributed by atoms with Crippen LogP contribution in [-0.4, -0.2) is 34.3 Å². The average molecular weight is 318 g/mol. The minimum Gasteiger partial charge on any atom is -0.497 e. The maximum absolute atomic E-state index is 11.7. The molecule has 0 fully saturated rings. The van der Waals surface area contributed by atoms with E-state index in [1.165, 1.54) is 15.9 Å². The number of aromatic hydroxyl groups is 1. The molecule has 114 valence electrons. The molecule has 0 aliphatic heterocycles. The fourth-order valence-electron chi connectivity index (χ4n) is 2.12. The van der Waals surface area contributed by atoms with Crippen molar-refractivity contribution in [3.8, 4) is 16.8 Å². The maximum Gasteiger partial charge on any atom is 0.357 e. The van der Waals surface area contributed by atoms with Gasteiger partial charge in [-0.2, -0.15) is 0 Å². The third-order valence-corrected chi connectivity index (χ3v) is 4.02. The molecule has 2 aromatic heterocycles. The van der Waals surface area contributed by atoms with Gasteiger partial charge in [-0.15, -0.1) is 11.3 Å². The number of aromatic nitrogens is 2. The Kier molecular flexibility index (Phi) is 3.72. The number of carbonyl (C=O) groups excluding carboxylic acids is 1.